The quantitative estimate of drug-likeness (QED) is 0.605. The van der Waals surface area contributed by atoms with Gasteiger partial charge >= 0.3 is 0 Å². The Morgan fingerprint density at radius 2 is 2.18 bits per heavy atom. The summed E-state index contributed by atoms with van der Waals surface area (Å²) < 4.78 is 0. The van der Waals surface area contributed by atoms with Gasteiger partial charge in [0.2, 0.25) is 0 Å². The summed E-state index contributed by atoms with van der Waals surface area (Å²) in [5.41, 5.74) is 3.04. The van der Waals surface area contributed by atoms with E-state index in [1.807, 2.05) is 26.0 Å². The highest BCUT2D eigenvalue weighted by Gasteiger charge is 1.95. The van der Waals surface area contributed by atoms with Gasteiger partial charge in [0.05, 0.1) is 18.2 Å². The largest absolute Gasteiger partial charge is 0.257 e. The maximum absolute atomic E-state index is 8.39. The third-order valence-electron chi connectivity index (χ3n) is 1.67. The van der Waals surface area contributed by atoms with Crippen LogP contribution < -0.4 is 0 Å². The maximum atomic E-state index is 8.39. The average Bonchev–Trinajstić information content (AvgIpc) is 1.98. The Labute approximate surface area is 66.5 Å². The maximum Gasteiger partial charge on any atom is 0.0774 e. The van der Waals surface area contributed by atoms with E-state index in [1.165, 1.54) is 5.56 Å². The van der Waals surface area contributed by atoms with Gasteiger partial charge in [-0.1, -0.05) is 6.07 Å². The molecule has 0 unspecified atom stereocenters. The molecule has 0 aromatic carbocycles. The van der Waals surface area contributed by atoms with Gasteiger partial charge in [0.15, 0.2) is 0 Å². The Kier molecular flexibility index (Phi) is 2.22. The molecule has 1 heterocycles. The molecule has 0 bridgehead atoms. The lowest BCUT2D eigenvalue weighted by atomic mass is 10.2. The molecule has 0 N–H and O–H groups in total. The van der Waals surface area contributed by atoms with Crippen LogP contribution in [-0.2, 0) is 6.42 Å². The molecule has 2 nitrogen and oxygen atoms in total. The van der Waals surface area contributed by atoms with Crippen molar-refractivity contribution in [1.82, 2.24) is 4.98 Å². The second-order valence-corrected chi connectivity index (χ2v) is 2.54. The van der Waals surface area contributed by atoms with E-state index in [4.69, 9.17) is 5.26 Å². The highest BCUT2D eigenvalue weighted by Crippen LogP contribution is 2.04. The standard InChI is InChI=1S/C9H10N2/c1-7-3-4-9(5-6-10)11-8(7)2/h3-4H,5H2,1-2H3. The first kappa shape index (κ1) is 7.74. The summed E-state index contributed by atoms with van der Waals surface area (Å²) in [6.45, 7) is 3.97. The molecule has 1 aromatic heterocycles. The molecule has 0 spiro atoms. The van der Waals surface area contributed by atoms with Crippen molar-refractivity contribution >= 4 is 0 Å². The van der Waals surface area contributed by atoms with E-state index in [9.17, 15) is 0 Å². The van der Waals surface area contributed by atoms with E-state index in [-0.39, 0.29) is 0 Å². The Bertz CT molecular complexity index is 297. The van der Waals surface area contributed by atoms with Crippen molar-refractivity contribution < 1.29 is 0 Å². The first-order valence-corrected chi connectivity index (χ1v) is 3.54. The minimum Gasteiger partial charge on any atom is -0.257 e. The molecule has 1 rings (SSSR count). The summed E-state index contributed by atoms with van der Waals surface area (Å²) in [6, 6.07) is 5.96. The zero-order valence-corrected chi connectivity index (χ0v) is 6.76. The number of nitriles is 1. The second kappa shape index (κ2) is 3.16. The van der Waals surface area contributed by atoms with Crippen LogP contribution in [0.3, 0.4) is 0 Å². The number of hydrogen-bond donors (Lipinski definition) is 0. The Balaban J connectivity index is 2.98. The smallest absolute Gasteiger partial charge is 0.0774 e. The molecule has 0 saturated heterocycles. The molecule has 0 atom stereocenters. The lowest BCUT2D eigenvalue weighted by Gasteiger charge is -1.99. The zero-order chi connectivity index (χ0) is 8.27. The fraction of sp³-hybridized carbons (Fsp3) is 0.333. The molecule has 0 fully saturated rings. The molecule has 11 heavy (non-hydrogen) atoms. The Hall–Kier alpha value is -1.36. The summed E-state index contributed by atoms with van der Waals surface area (Å²) in [5, 5.41) is 8.39. The molecule has 0 aliphatic rings. The zero-order valence-electron chi connectivity index (χ0n) is 6.76. The van der Waals surface area contributed by atoms with Crippen molar-refractivity contribution in [2.24, 2.45) is 0 Å². The van der Waals surface area contributed by atoms with Gasteiger partial charge in [0, 0.05) is 5.69 Å². The highest BCUT2D eigenvalue weighted by molar-refractivity contribution is 5.21. The first-order chi connectivity index (χ1) is 5.24. The number of aryl methyl sites for hydroxylation is 2. The van der Waals surface area contributed by atoms with Gasteiger partial charge in [-0.2, -0.15) is 5.26 Å². The number of hydrogen-bond acceptors (Lipinski definition) is 2. The van der Waals surface area contributed by atoms with E-state index in [2.05, 4.69) is 11.1 Å². The average molecular weight is 146 g/mol. The Morgan fingerprint density at radius 1 is 1.45 bits per heavy atom. The van der Waals surface area contributed by atoms with Gasteiger partial charge in [-0.15, -0.1) is 0 Å². The lowest BCUT2D eigenvalue weighted by molar-refractivity contribution is 1.04. The van der Waals surface area contributed by atoms with E-state index >= 15 is 0 Å². The van der Waals surface area contributed by atoms with Crippen molar-refractivity contribution in [3.8, 4) is 6.07 Å². The summed E-state index contributed by atoms with van der Waals surface area (Å²) in [7, 11) is 0. The topological polar surface area (TPSA) is 36.7 Å². The third-order valence-corrected chi connectivity index (χ3v) is 1.67. The molecule has 1 aromatic rings. The number of aromatic nitrogens is 1. The number of rotatable bonds is 1. The lowest BCUT2D eigenvalue weighted by Crippen LogP contribution is -1.92. The van der Waals surface area contributed by atoms with Crippen LogP contribution in [0.1, 0.15) is 17.0 Å². The van der Waals surface area contributed by atoms with Crippen LogP contribution in [0.4, 0.5) is 0 Å². The summed E-state index contributed by atoms with van der Waals surface area (Å²) in [6.07, 6.45) is 0.404. The number of nitrogens with zero attached hydrogens (tertiary/aromatic N) is 2. The molecular formula is C9H10N2. The second-order valence-electron chi connectivity index (χ2n) is 2.54. The van der Waals surface area contributed by atoms with Crippen LogP contribution in [0.5, 0.6) is 0 Å². The fourth-order valence-electron chi connectivity index (χ4n) is 0.862. The van der Waals surface area contributed by atoms with E-state index in [0.29, 0.717) is 6.42 Å². The van der Waals surface area contributed by atoms with Crippen molar-refractivity contribution in [2.75, 3.05) is 0 Å². The van der Waals surface area contributed by atoms with Crippen LogP contribution in [0.25, 0.3) is 0 Å². The molecule has 0 amide bonds. The van der Waals surface area contributed by atoms with Gasteiger partial charge in [0.25, 0.3) is 0 Å². The van der Waals surface area contributed by atoms with Gasteiger partial charge in [-0.3, -0.25) is 4.98 Å². The monoisotopic (exact) mass is 146 g/mol. The molecule has 0 aliphatic carbocycles. The molecule has 2 heteroatoms. The van der Waals surface area contributed by atoms with Crippen molar-refractivity contribution in [3.05, 3.63) is 29.1 Å². The van der Waals surface area contributed by atoms with Crippen molar-refractivity contribution in [3.63, 3.8) is 0 Å². The minimum atomic E-state index is 0.404. The summed E-state index contributed by atoms with van der Waals surface area (Å²) >= 11 is 0. The van der Waals surface area contributed by atoms with Crippen LogP contribution in [-0.4, -0.2) is 4.98 Å². The fourth-order valence-corrected chi connectivity index (χ4v) is 0.862. The molecule has 0 saturated carbocycles. The van der Waals surface area contributed by atoms with E-state index in [0.717, 1.165) is 11.4 Å². The summed E-state index contributed by atoms with van der Waals surface area (Å²) in [4.78, 5) is 4.24. The molecule has 0 radical (unpaired) electrons. The van der Waals surface area contributed by atoms with Crippen LogP contribution in [0, 0.1) is 25.2 Å². The predicted molar refractivity (Wildman–Crippen MR) is 43.0 cm³/mol. The third kappa shape index (κ3) is 1.78. The SMILES string of the molecule is Cc1ccc(CC#N)nc1C. The normalized spacial score (nSPS) is 9.18. The van der Waals surface area contributed by atoms with Crippen LogP contribution >= 0.6 is 0 Å². The van der Waals surface area contributed by atoms with Crippen LogP contribution in [0.2, 0.25) is 0 Å². The van der Waals surface area contributed by atoms with E-state index in [1.54, 1.807) is 0 Å². The van der Waals surface area contributed by atoms with Crippen molar-refractivity contribution in [2.45, 2.75) is 20.3 Å². The number of pyridine rings is 1. The predicted octanol–water partition coefficient (Wildman–Crippen LogP) is 1.76. The first-order valence-electron chi connectivity index (χ1n) is 3.54. The van der Waals surface area contributed by atoms with Gasteiger partial charge in [-0.05, 0) is 25.5 Å². The molecule has 56 valence electrons. The molecular weight excluding hydrogens is 136 g/mol. The van der Waals surface area contributed by atoms with Gasteiger partial charge < -0.3 is 0 Å². The minimum absolute atomic E-state index is 0.404. The Morgan fingerprint density at radius 3 is 2.73 bits per heavy atom. The highest BCUT2D eigenvalue weighted by atomic mass is 14.7. The van der Waals surface area contributed by atoms with Gasteiger partial charge in [0.1, 0.15) is 0 Å². The van der Waals surface area contributed by atoms with E-state index < -0.39 is 0 Å². The van der Waals surface area contributed by atoms with Crippen molar-refractivity contribution in [1.29, 1.82) is 5.26 Å². The van der Waals surface area contributed by atoms with Crippen LogP contribution in [0.15, 0.2) is 12.1 Å². The summed E-state index contributed by atoms with van der Waals surface area (Å²) in [5.74, 6) is 0. The molecule has 0 aliphatic heterocycles. The van der Waals surface area contributed by atoms with Gasteiger partial charge in [-0.25, -0.2) is 0 Å².